The highest BCUT2D eigenvalue weighted by atomic mass is 16.7. The van der Waals surface area contributed by atoms with E-state index in [-0.39, 0.29) is 12.0 Å². The Morgan fingerprint density at radius 1 is 1.06 bits per heavy atom. The molecular formula is C25H30N2O5. The van der Waals surface area contributed by atoms with Gasteiger partial charge in [-0.05, 0) is 43.9 Å². The van der Waals surface area contributed by atoms with Crippen molar-refractivity contribution >= 4 is 5.91 Å². The van der Waals surface area contributed by atoms with Gasteiger partial charge in [0.2, 0.25) is 6.79 Å². The number of carbonyl (C=O) groups is 1. The Kier molecular flexibility index (Phi) is 6.08. The van der Waals surface area contributed by atoms with Gasteiger partial charge in [-0.3, -0.25) is 9.69 Å². The third-order valence-electron chi connectivity index (χ3n) is 6.51. The molecule has 32 heavy (non-hydrogen) atoms. The summed E-state index contributed by atoms with van der Waals surface area (Å²) in [5.41, 5.74) is 1.79. The van der Waals surface area contributed by atoms with Gasteiger partial charge in [0, 0.05) is 44.4 Å². The van der Waals surface area contributed by atoms with Gasteiger partial charge >= 0.3 is 0 Å². The first-order valence-electron chi connectivity index (χ1n) is 11.4. The fourth-order valence-corrected chi connectivity index (χ4v) is 4.72. The molecule has 2 saturated heterocycles. The van der Waals surface area contributed by atoms with Crippen LogP contribution >= 0.6 is 0 Å². The lowest BCUT2D eigenvalue weighted by Crippen LogP contribution is -2.38. The number of para-hydroxylation sites is 1. The minimum atomic E-state index is 0.0535. The number of methoxy groups -OCH3 is 1. The van der Waals surface area contributed by atoms with Crippen molar-refractivity contribution in [3.63, 3.8) is 0 Å². The Hall–Kier alpha value is -2.93. The maximum atomic E-state index is 13.0. The maximum absolute atomic E-state index is 13.0. The van der Waals surface area contributed by atoms with Crippen molar-refractivity contribution in [2.24, 2.45) is 0 Å². The van der Waals surface area contributed by atoms with Crippen molar-refractivity contribution in [1.82, 2.24) is 9.80 Å². The van der Waals surface area contributed by atoms with E-state index in [2.05, 4.69) is 11.0 Å². The normalized spacial score (nSPS) is 18.7. The van der Waals surface area contributed by atoms with Crippen LogP contribution in [0, 0.1) is 0 Å². The highest BCUT2D eigenvalue weighted by Gasteiger charge is 2.27. The fraction of sp³-hybridized carbons (Fsp3) is 0.480. The van der Waals surface area contributed by atoms with Crippen molar-refractivity contribution in [1.29, 1.82) is 0 Å². The molecule has 3 aliphatic rings. The molecule has 0 aliphatic carbocycles. The summed E-state index contributed by atoms with van der Waals surface area (Å²) < 4.78 is 22.9. The summed E-state index contributed by atoms with van der Waals surface area (Å²) >= 11 is 0. The van der Waals surface area contributed by atoms with Crippen LogP contribution in [0.25, 0.3) is 0 Å². The van der Waals surface area contributed by atoms with Crippen LogP contribution in [0.15, 0.2) is 36.4 Å². The molecule has 0 bridgehead atoms. The van der Waals surface area contributed by atoms with Crippen molar-refractivity contribution in [3.05, 3.63) is 47.5 Å². The second-order valence-corrected chi connectivity index (χ2v) is 8.61. The van der Waals surface area contributed by atoms with E-state index in [1.165, 1.54) is 0 Å². The van der Waals surface area contributed by atoms with Gasteiger partial charge < -0.3 is 23.8 Å². The van der Waals surface area contributed by atoms with Crippen molar-refractivity contribution < 1.29 is 23.7 Å². The number of rotatable bonds is 6. The van der Waals surface area contributed by atoms with Crippen LogP contribution in [0.4, 0.5) is 0 Å². The van der Waals surface area contributed by atoms with E-state index >= 15 is 0 Å². The summed E-state index contributed by atoms with van der Waals surface area (Å²) in [4.78, 5) is 17.4. The first kappa shape index (κ1) is 20.9. The minimum absolute atomic E-state index is 0.0535. The molecule has 0 saturated carbocycles. The molecule has 0 aromatic heterocycles. The molecule has 0 radical (unpaired) electrons. The molecule has 7 nitrogen and oxygen atoms in total. The third-order valence-corrected chi connectivity index (χ3v) is 6.51. The number of piperidine rings is 1. The fourth-order valence-electron chi connectivity index (χ4n) is 4.72. The number of benzene rings is 2. The van der Waals surface area contributed by atoms with Crippen LogP contribution in [0.5, 0.6) is 23.0 Å². The van der Waals surface area contributed by atoms with Crippen molar-refractivity contribution in [2.75, 3.05) is 40.1 Å². The maximum Gasteiger partial charge on any atom is 0.257 e. The number of amides is 1. The van der Waals surface area contributed by atoms with Gasteiger partial charge in [-0.25, -0.2) is 0 Å². The van der Waals surface area contributed by atoms with Gasteiger partial charge in [0.05, 0.1) is 12.7 Å². The summed E-state index contributed by atoms with van der Waals surface area (Å²) in [6.45, 7) is 4.61. The van der Waals surface area contributed by atoms with Crippen LogP contribution in [0.1, 0.15) is 41.6 Å². The Bertz CT molecular complexity index is 965. The molecule has 7 heteroatoms. The van der Waals surface area contributed by atoms with Crippen LogP contribution in [0.2, 0.25) is 0 Å². The average Bonchev–Trinajstić information content (AvgIpc) is 3.53. The number of likely N-dealkylation sites (tertiary alicyclic amines) is 2. The second kappa shape index (κ2) is 9.28. The van der Waals surface area contributed by atoms with E-state index in [1.54, 1.807) is 7.11 Å². The van der Waals surface area contributed by atoms with E-state index in [1.807, 2.05) is 35.2 Å². The number of carbonyl (C=O) groups excluding carboxylic acids is 1. The molecule has 0 N–H and O–H groups in total. The summed E-state index contributed by atoms with van der Waals surface area (Å²) in [6, 6.07) is 11.6. The molecule has 170 valence electrons. The highest BCUT2D eigenvalue weighted by molar-refractivity contribution is 5.97. The van der Waals surface area contributed by atoms with Gasteiger partial charge in [0.25, 0.3) is 5.91 Å². The molecular weight excluding hydrogens is 408 g/mol. The van der Waals surface area contributed by atoms with Crippen LogP contribution in [-0.2, 0) is 6.54 Å². The Morgan fingerprint density at radius 2 is 1.88 bits per heavy atom. The Balaban J connectivity index is 1.23. The number of fused-ring (bicyclic) bond motifs is 1. The zero-order valence-electron chi connectivity index (χ0n) is 18.5. The smallest absolute Gasteiger partial charge is 0.257 e. The van der Waals surface area contributed by atoms with E-state index < -0.39 is 0 Å². The van der Waals surface area contributed by atoms with E-state index in [9.17, 15) is 4.79 Å². The second-order valence-electron chi connectivity index (χ2n) is 8.61. The molecule has 2 aromatic carbocycles. The first-order chi connectivity index (χ1) is 15.7. The minimum Gasteiger partial charge on any atom is -0.497 e. The zero-order chi connectivity index (χ0) is 21.9. The molecule has 5 rings (SSSR count). The predicted octanol–water partition coefficient (Wildman–Crippen LogP) is 3.70. The quantitative estimate of drug-likeness (QED) is 0.685. The lowest BCUT2D eigenvalue weighted by Gasteiger charge is -2.32. The van der Waals surface area contributed by atoms with Gasteiger partial charge in [-0.1, -0.05) is 12.1 Å². The molecule has 3 heterocycles. The number of nitrogens with zero attached hydrogens (tertiary/aromatic N) is 2. The topological polar surface area (TPSA) is 60.5 Å². The monoisotopic (exact) mass is 438 g/mol. The molecule has 0 spiro atoms. The van der Waals surface area contributed by atoms with E-state index in [0.717, 1.165) is 75.5 Å². The first-order valence-corrected chi connectivity index (χ1v) is 11.4. The van der Waals surface area contributed by atoms with Gasteiger partial charge in [-0.2, -0.15) is 0 Å². The Labute approximate surface area is 188 Å². The third kappa shape index (κ3) is 4.35. The van der Waals surface area contributed by atoms with Crippen molar-refractivity contribution in [2.45, 2.75) is 38.3 Å². The number of hydrogen-bond donors (Lipinski definition) is 0. The molecule has 0 atom stereocenters. The standard InChI is InChI=1S/C25H30N2O5/c1-29-20-7-8-21(25(28)27-11-2-3-12-27)23(15-20)32-19-9-13-26(14-10-19)16-18-5-4-6-22-24(18)31-17-30-22/h4-8,15,19H,2-3,9-14,16-17H2,1H3. The lowest BCUT2D eigenvalue weighted by atomic mass is 10.1. The molecule has 1 amide bonds. The summed E-state index contributed by atoms with van der Waals surface area (Å²) in [7, 11) is 1.63. The average molecular weight is 439 g/mol. The molecule has 2 aromatic rings. The summed E-state index contributed by atoms with van der Waals surface area (Å²) in [5.74, 6) is 3.08. The lowest BCUT2D eigenvalue weighted by molar-refractivity contribution is 0.0764. The van der Waals surface area contributed by atoms with E-state index in [0.29, 0.717) is 23.9 Å². The van der Waals surface area contributed by atoms with E-state index in [4.69, 9.17) is 18.9 Å². The van der Waals surface area contributed by atoms with Gasteiger partial charge in [0.15, 0.2) is 11.5 Å². The van der Waals surface area contributed by atoms with Gasteiger partial charge in [0.1, 0.15) is 17.6 Å². The zero-order valence-corrected chi connectivity index (χ0v) is 18.5. The van der Waals surface area contributed by atoms with Crippen molar-refractivity contribution in [3.8, 4) is 23.0 Å². The van der Waals surface area contributed by atoms with Crippen LogP contribution in [-0.4, -0.2) is 61.9 Å². The number of ether oxygens (including phenoxy) is 4. The van der Waals surface area contributed by atoms with Crippen LogP contribution < -0.4 is 18.9 Å². The van der Waals surface area contributed by atoms with Gasteiger partial charge in [-0.15, -0.1) is 0 Å². The number of hydrogen-bond acceptors (Lipinski definition) is 6. The highest BCUT2D eigenvalue weighted by Crippen LogP contribution is 2.36. The molecule has 2 fully saturated rings. The summed E-state index contributed by atoms with van der Waals surface area (Å²) in [6.07, 6.45) is 4.02. The molecule has 0 unspecified atom stereocenters. The predicted molar refractivity (Wildman–Crippen MR) is 120 cm³/mol. The molecule has 3 aliphatic heterocycles. The van der Waals surface area contributed by atoms with Crippen LogP contribution in [0.3, 0.4) is 0 Å². The largest absolute Gasteiger partial charge is 0.497 e. The summed E-state index contributed by atoms with van der Waals surface area (Å²) in [5, 5.41) is 0. The SMILES string of the molecule is COc1ccc(C(=O)N2CCCC2)c(OC2CCN(Cc3cccc4c3OCO4)CC2)c1. The Morgan fingerprint density at radius 3 is 2.66 bits per heavy atom.